The summed E-state index contributed by atoms with van der Waals surface area (Å²) < 4.78 is 7.24. The van der Waals surface area contributed by atoms with Crippen molar-refractivity contribution >= 4 is 23.5 Å². The summed E-state index contributed by atoms with van der Waals surface area (Å²) in [6.07, 6.45) is 14.4. The minimum atomic E-state index is -0.425. The minimum Gasteiger partial charge on any atom is -0.462 e. The number of non-ortho nitro benzene ring substituents is 1. The highest BCUT2D eigenvalue weighted by Crippen LogP contribution is 2.66. The summed E-state index contributed by atoms with van der Waals surface area (Å²) in [4.78, 5) is 34.3. The van der Waals surface area contributed by atoms with Crippen LogP contribution in [0.4, 0.5) is 5.69 Å². The first kappa shape index (κ1) is 25.7. The fourth-order valence-corrected chi connectivity index (χ4v) is 8.44. The number of nitro groups is 1. The van der Waals surface area contributed by atoms with Crippen LogP contribution in [0.1, 0.15) is 81.8 Å². The normalized spacial score (nSPS) is 33.2. The van der Waals surface area contributed by atoms with Crippen LogP contribution in [0, 0.1) is 38.7 Å². The van der Waals surface area contributed by atoms with E-state index in [4.69, 9.17) is 9.84 Å². The molecule has 8 nitrogen and oxygen atoms in total. The maximum Gasteiger partial charge on any atom is 0.302 e. The molecule has 1 aromatic carbocycles. The molecule has 0 aliphatic heterocycles. The monoisotopic (exact) mass is 529 g/mol. The molecule has 4 aliphatic carbocycles. The smallest absolute Gasteiger partial charge is 0.302 e. The van der Waals surface area contributed by atoms with Crippen molar-refractivity contribution in [3.63, 3.8) is 0 Å². The Morgan fingerprint density at radius 2 is 1.85 bits per heavy atom. The highest BCUT2D eigenvalue weighted by molar-refractivity contribution is 5.86. The molecule has 0 unspecified atom stereocenters. The molecule has 1 aromatic heterocycles. The van der Waals surface area contributed by atoms with E-state index in [1.807, 2.05) is 0 Å². The number of nitrogens with zero attached hydrogens (tertiary/aromatic N) is 3. The number of carbonyl (C=O) groups excluding carboxylic acids is 2. The third-order valence-electron chi connectivity index (χ3n) is 10.4. The van der Waals surface area contributed by atoms with E-state index in [0.29, 0.717) is 29.0 Å². The molecule has 6 atom stereocenters. The first-order valence-electron chi connectivity index (χ1n) is 14.0. The lowest BCUT2D eigenvalue weighted by Crippen LogP contribution is -2.50. The minimum absolute atomic E-state index is 0.000365. The van der Waals surface area contributed by atoms with E-state index in [0.717, 1.165) is 62.5 Å². The number of ether oxygens (including phenoxy) is 1. The lowest BCUT2D eigenvalue weighted by atomic mass is 9.47. The number of rotatable bonds is 5. The molecule has 0 amide bonds. The first-order valence-corrected chi connectivity index (χ1v) is 14.0. The highest BCUT2D eigenvalue weighted by atomic mass is 16.6. The largest absolute Gasteiger partial charge is 0.462 e. The number of nitro benzene ring substituents is 1. The Bertz CT molecular complexity index is 1410. The van der Waals surface area contributed by atoms with Crippen molar-refractivity contribution in [3.8, 4) is 5.69 Å². The fraction of sp³-hybridized carbons (Fsp3) is 0.516. The molecular formula is C31H35N3O5. The topological polar surface area (TPSA) is 104 Å². The Morgan fingerprint density at radius 1 is 1.10 bits per heavy atom. The van der Waals surface area contributed by atoms with Gasteiger partial charge >= 0.3 is 5.97 Å². The zero-order chi connectivity index (χ0) is 27.5. The zero-order valence-electron chi connectivity index (χ0n) is 22.8. The lowest BCUT2D eigenvalue weighted by Gasteiger charge is -2.57. The standard InChI is InChI=1S/C31H35N3O5/c1-19(36)39-24-12-14-30(2)21(16-24)4-9-25-26-10-11-28(31(26,3)15-13-27(25)30)29-20(18-35)17-33(32-29)22-5-7-23(8-6-22)34(37)38/h4-8,11,17-18,24-27H,9-10,12-16H2,1-3H3/t24-,25-,26-,27-,30-,31-/m0/s1. The SMILES string of the molecule is CC(=O)O[C@H]1CC[C@@]2(C)C(=CC[C@@H]3[C@@H]2CC[C@]2(C)C(c4nn(-c5ccc([N+](=O)[O-])cc5)cc4C=O)=CC[C@@H]32)C1. The average Bonchev–Trinajstić information content (AvgIpc) is 3.49. The summed E-state index contributed by atoms with van der Waals surface area (Å²) in [5, 5.41) is 15.9. The quantitative estimate of drug-likeness (QED) is 0.144. The summed E-state index contributed by atoms with van der Waals surface area (Å²) in [7, 11) is 0. The summed E-state index contributed by atoms with van der Waals surface area (Å²) in [5.74, 6) is 1.45. The second-order valence-corrected chi connectivity index (χ2v) is 12.3. The molecule has 0 saturated heterocycles. The Balaban J connectivity index is 1.27. The molecule has 2 fully saturated rings. The van der Waals surface area contributed by atoms with Gasteiger partial charge in [-0.15, -0.1) is 0 Å². The molecule has 1 heterocycles. The van der Waals surface area contributed by atoms with Crippen LogP contribution in [0.25, 0.3) is 11.3 Å². The molecule has 2 aromatic rings. The van der Waals surface area contributed by atoms with Crippen LogP contribution in [0.3, 0.4) is 0 Å². The fourth-order valence-electron chi connectivity index (χ4n) is 8.44. The second kappa shape index (κ2) is 9.28. The second-order valence-electron chi connectivity index (χ2n) is 12.3. The molecule has 0 N–H and O–H groups in total. The van der Waals surface area contributed by atoms with Gasteiger partial charge in [-0.05, 0) is 84.8 Å². The van der Waals surface area contributed by atoms with Gasteiger partial charge in [0.05, 0.1) is 21.9 Å². The van der Waals surface area contributed by atoms with Gasteiger partial charge in [0, 0.05) is 31.7 Å². The molecular weight excluding hydrogens is 494 g/mol. The predicted molar refractivity (Wildman–Crippen MR) is 146 cm³/mol. The van der Waals surface area contributed by atoms with Gasteiger partial charge in [0.15, 0.2) is 6.29 Å². The lowest BCUT2D eigenvalue weighted by molar-refractivity contribution is -0.384. The van der Waals surface area contributed by atoms with Crippen molar-refractivity contribution in [1.29, 1.82) is 0 Å². The van der Waals surface area contributed by atoms with E-state index >= 15 is 0 Å². The maximum atomic E-state index is 12.1. The van der Waals surface area contributed by atoms with Gasteiger partial charge in [-0.3, -0.25) is 19.7 Å². The number of fused-ring (bicyclic) bond motifs is 5. The first-order chi connectivity index (χ1) is 18.6. The van der Waals surface area contributed by atoms with Crippen LogP contribution in [-0.2, 0) is 9.53 Å². The van der Waals surface area contributed by atoms with Crippen LogP contribution in [0.15, 0.2) is 48.2 Å². The number of hydrogen-bond donors (Lipinski definition) is 0. The summed E-state index contributed by atoms with van der Waals surface area (Å²) in [6.45, 7) is 6.28. The Hall–Kier alpha value is -3.55. The van der Waals surface area contributed by atoms with Crippen molar-refractivity contribution in [3.05, 3.63) is 69.6 Å². The predicted octanol–water partition coefficient (Wildman–Crippen LogP) is 6.48. The zero-order valence-corrected chi connectivity index (χ0v) is 22.8. The van der Waals surface area contributed by atoms with Crippen molar-refractivity contribution in [1.82, 2.24) is 9.78 Å². The molecule has 39 heavy (non-hydrogen) atoms. The molecule has 6 rings (SSSR count). The average molecular weight is 530 g/mol. The number of esters is 1. The van der Waals surface area contributed by atoms with Crippen LogP contribution < -0.4 is 0 Å². The van der Waals surface area contributed by atoms with Gasteiger partial charge < -0.3 is 4.74 Å². The van der Waals surface area contributed by atoms with E-state index in [9.17, 15) is 19.7 Å². The van der Waals surface area contributed by atoms with E-state index in [-0.39, 0.29) is 28.6 Å². The number of allylic oxidation sites excluding steroid dienone is 3. The number of aldehydes is 1. The van der Waals surface area contributed by atoms with Gasteiger partial charge in [0.1, 0.15) is 6.10 Å². The van der Waals surface area contributed by atoms with E-state index in [1.165, 1.54) is 24.6 Å². The molecule has 0 bridgehead atoms. The summed E-state index contributed by atoms with van der Waals surface area (Å²) in [5.41, 5.74) is 4.69. The number of aromatic nitrogens is 2. The van der Waals surface area contributed by atoms with Gasteiger partial charge in [-0.25, -0.2) is 4.68 Å². The molecule has 0 radical (unpaired) electrons. The van der Waals surface area contributed by atoms with Crippen molar-refractivity contribution in [2.24, 2.45) is 28.6 Å². The van der Waals surface area contributed by atoms with Gasteiger partial charge in [0.25, 0.3) is 5.69 Å². The summed E-state index contributed by atoms with van der Waals surface area (Å²) >= 11 is 0. The Kier molecular flexibility index (Phi) is 6.12. The van der Waals surface area contributed by atoms with E-state index in [2.05, 4.69) is 26.0 Å². The van der Waals surface area contributed by atoms with Crippen LogP contribution >= 0.6 is 0 Å². The number of carbonyl (C=O) groups is 2. The maximum absolute atomic E-state index is 12.1. The summed E-state index contributed by atoms with van der Waals surface area (Å²) in [6, 6.07) is 6.22. The van der Waals surface area contributed by atoms with E-state index < -0.39 is 4.92 Å². The van der Waals surface area contributed by atoms with Gasteiger partial charge in [-0.1, -0.05) is 31.6 Å². The molecule has 4 aliphatic rings. The highest BCUT2D eigenvalue weighted by Gasteiger charge is 2.57. The number of benzene rings is 1. The van der Waals surface area contributed by atoms with Crippen molar-refractivity contribution in [2.75, 3.05) is 0 Å². The molecule has 0 spiro atoms. The Labute approximate surface area is 228 Å². The molecule has 8 heteroatoms. The third-order valence-corrected chi connectivity index (χ3v) is 10.4. The Morgan fingerprint density at radius 3 is 2.54 bits per heavy atom. The number of hydrogen-bond acceptors (Lipinski definition) is 6. The van der Waals surface area contributed by atoms with Crippen LogP contribution in [-0.4, -0.2) is 33.1 Å². The van der Waals surface area contributed by atoms with Gasteiger partial charge in [0.2, 0.25) is 0 Å². The van der Waals surface area contributed by atoms with Crippen molar-refractivity contribution in [2.45, 2.75) is 71.8 Å². The van der Waals surface area contributed by atoms with Crippen molar-refractivity contribution < 1.29 is 19.2 Å². The van der Waals surface area contributed by atoms with Crippen LogP contribution in [0.2, 0.25) is 0 Å². The molecule has 204 valence electrons. The van der Waals surface area contributed by atoms with Crippen LogP contribution in [0.5, 0.6) is 0 Å². The van der Waals surface area contributed by atoms with Gasteiger partial charge in [-0.2, -0.15) is 5.10 Å². The molecule has 2 saturated carbocycles. The van der Waals surface area contributed by atoms with E-state index in [1.54, 1.807) is 23.0 Å². The third kappa shape index (κ3) is 4.07.